The van der Waals surface area contributed by atoms with E-state index in [1.165, 1.54) is 19.3 Å². The van der Waals surface area contributed by atoms with Crippen molar-refractivity contribution in [3.8, 4) is 0 Å². The fourth-order valence-electron chi connectivity index (χ4n) is 2.69. The minimum Gasteiger partial charge on any atom is -0.398 e. The normalized spacial score (nSPS) is 16.4. The van der Waals surface area contributed by atoms with Gasteiger partial charge in [-0.05, 0) is 43.7 Å². The molecule has 0 bridgehead atoms. The van der Waals surface area contributed by atoms with Crippen LogP contribution in [-0.2, 0) is 4.74 Å². The van der Waals surface area contributed by atoms with Crippen LogP contribution in [0.5, 0.6) is 0 Å². The number of benzene rings is 1. The molecule has 3 N–H and O–H groups in total. The van der Waals surface area contributed by atoms with Gasteiger partial charge in [0.2, 0.25) is 0 Å². The number of para-hydroxylation sites is 1. The molecule has 20 heavy (non-hydrogen) atoms. The largest absolute Gasteiger partial charge is 0.398 e. The van der Waals surface area contributed by atoms with Gasteiger partial charge < -0.3 is 15.8 Å². The molecule has 0 atom stereocenters. The van der Waals surface area contributed by atoms with Crippen LogP contribution < -0.4 is 11.1 Å². The Hall–Kier alpha value is -1.55. The average Bonchev–Trinajstić information content (AvgIpc) is 2.41. The van der Waals surface area contributed by atoms with E-state index in [2.05, 4.69) is 5.32 Å². The smallest absolute Gasteiger partial charge is 0.253 e. The first-order valence-electron chi connectivity index (χ1n) is 7.37. The Kier molecular flexibility index (Phi) is 5.01. The van der Waals surface area contributed by atoms with Crippen molar-refractivity contribution in [2.45, 2.75) is 32.6 Å². The van der Waals surface area contributed by atoms with Crippen LogP contribution in [0.25, 0.3) is 0 Å². The van der Waals surface area contributed by atoms with E-state index in [1.807, 2.05) is 19.1 Å². The minimum atomic E-state index is -0.0780. The summed E-state index contributed by atoms with van der Waals surface area (Å²) in [5.41, 5.74) is 7.15. The number of nitrogen functional groups attached to an aromatic ring is 1. The number of anilines is 1. The molecule has 0 spiro atoms. The molecule has 0 saturated heterocycles. The number of nitrogens with two attached hydrogens (primary N) is 1. The quantitative estimate of drug-likeness (QED) is 0.594. The highest BCUT2D eigenvalue weighted by atomic mass is 16.5. The van der Waals surface area contributed by atoms with Crippen LogP contribution in [0.2, 0.25) is 0 Å². The summed E-state index contributed by atoms with van der Waals surface area (Å²) in [5, 5.41) is 3.03. The van der Waals surface area contributed by atoms with E-state index in [-0.39, 0.29) is 11.3 Å². The third-order valence-electron chi connectivity index (χ3n) is 4.22. The first kappa shape index (κ1) is 14.9. The summed E-state index contributed by atoms with van der Waals surface area (Å²) < 4.78 is 5.44. The Labute approximate surface area is 120 Å². The predicted molar refractivity (Wildman–Crippen MR) is 80.6 cm³/mol. The molecule has 1 amide bonds. The molecule has 0 aliphatic heterocycles. The van der Waals surface area contributed by atoms with Gasteiger partial charge in [0.1, 0.15) is 0 Å². The maximum absolute atomic E-state index is 12.2. The first-order valence-corrected chi connectivity index (χ1v) is 7.37. The van der Waals surface area contributed by atoms with Crippen LogP contribution in [0.15, 0.2) is 24.3 Å². The zero-order valence-electron chi connectivity index (χ0n) is 12.2. The Morgan fingerprint density at radius 2 is 2.15 bits per heavy atom. The number of ether oxygens (including phenoxy) is 1. The van der Waals surface area contributed by atoms with Gasteiger partial charge in [-0.15, -0.1) is 0 Å². The molecule has 2 rings (SSSR count). The molecular formula is C16H24N2O2. The Bertz CT molecular complexity index is 456. The second-order valence-electron chi connectivity index (χ2n) is 5.57. The molecule has 110 valence electrons. The molecule has 1 aromatic carbocycles. The van der Waals surface area contributed by atoms with Crippen molar-refractivity contribution < 1.29 is 9.53 Å². The first-order chi connectivity index (χ1) is 9.67. The summed E-state index contributed by atoms with van der Waals surface area (Å²) in [4.78, 5) is 12.2. The molecule has 1 aromatic rings. The monoisotopic (exact) mass is 276 g/mol. The van der Waals surface area contributed by atoms with Crippen molar-refractivity contribution in [2.75, 3.05) is 25.5 Å². The molecule has 1 aliphatic rings. The van der Waals surface area contributed by atoms with Crippen molar-refractivity contribution in [3.05, 3.63) is 29.8 Å². The van der Waals surface area contributed by atoms with Gasteiger partial charge in [-0.25, -0.2) is 0 Å². The lowest BCUT2D eigenvalue weighted by Crippen LogP contribution is -2.43. The highest BCUT2D eigenvalue weighted by molar-refractivity contribution is 5.99. The molecule has 0 heterocycles. The zero-order valence-corrected chi connectivity index (χ0v) is 12.2. The van der Waals surface area contributed by atoms with Crippen molar-refractivity contribution in [3.63, 3.8) is 0 Å². The van der Waals surface area contributed by atoms with E-state index in [4.69, 9.17) is 10.5 Å². The van der Waals surface area contributed by atoms with E-state index < -0.39 is 0 Å². The topological polar surface area (TPSA) is 64.3 Å². The van der Waals surface area contributed by atoms with Crippen molar-refractivity contribution >= 4 is 11.6 Å². The summed E-state index contributed by atoms with van der Waals surface area (Å²) in [5.74, 6) is -0.0780. The second kappa shape index (κ2) is 6.75. The molecule has 1 saturated carbocycles. The number of amides is 1. The van der Waals surface area contributed by atoms with Gasteiger partial charge in [0.25, 0.3) is 5.91 Å². The summed E-state index contributed by atoms with van der Waals surface area (Å²) in [6.07, 6.45) is 4.61. The summed E-state index contributed by atoms with van der Waals surface area (Å²) >= 11 is 0. The third-order valence-corrected chi connectivity index (χ3v) is 4.22. The second-order valence-corrected chi connectivity index (χ2v) is 5.57. The van der Waals surface area contributed by atoms with Gasteiger partial charge in [-0.3, -0.25) is 4.79 Å². The molecule has 4 heteroatoms. The van der Waals surface area contributed by atoms with Gasteiger partial charge >= 0.3 is 0 Å². The molecule has 0 aromatic heterocycles. The van der Waals surface area contributed by atoms with E-state index >= 15 is 0 Å². The van der Waals surface area contributed by atoms with Gasteiger partial charge in [-0.1, -0.05) is 18.6 Å². The van der Waals surface area contributed by atoms with Gasteiger partial charge in [0.15, 0.2) is 0 Å². The van der Waals surface area contributed by atoms with Gasteiger partial charge in [0, 0.05) is 25.4 Å². The average molecular weight is 276 g/mol. The molecular weight excluding hydrogens is 252 g/mol. The van der Waals surface area contributed by atoms with Gasteiger partial charge in [-0.2, -0.15) is 0 Å². The number of carbonyl (C=O) groups is 1. The van der Waals surface area contributed by atoms with Crippen LogP contribution in [0.3, 0.4) is 0 Å². The molecule has 4 nitrogen and oxygen atoms in total. The fraction of sp³-hybridized carbons (Fsp3) is 0.562. The van der Waals surface area contributed by atoms with Crippen LogP contribution in [0, 0.1) is 5.41 Å². The SMILES string of the molecule is CCOCCC1(CNC(=O)c2ccccc2N)CCC1. The maximum Gasteiger partial charge on any atom is 0.253 e. The molecule has 1 fully saturated rings. The maximum atomic E-state index is 12.2. The van der Waals surface area contributed by atoms with Crippen LogP contribution >= 0.6 is 0 Å². The lowest BCUT2D eigenvalue weighted by Gasteiger charge is -2.42. The molecule has 0 radical (unpaired) electrons. The number of hydrogen-bond acceptors (Lipinski definition) is 3. The standard InChI is InChI=1S/C16H24N2O2/c1-2-20-11-10-16(8-5-9-16)12-18-15(19)13-6-3-4-7-14(13)17/h3-4,6-7H,2,5,8-12,17H2,1H3,(H,18,19). The molecule has 1 aliphatic carbocycles. The number of carbonyl (C=O) groups excluding carboxylic acids is 1. The fourth-order valence-corrected chi connectivity index (χ4v) is 2.69. The van der Waals surface area contributed by atoms with Crippen molar-refractivity contribution in [1.29, 1.82) is 0 Å². The lowest BCUT2D eigenvalue weighted by atomic mass is 9.66. The van der Waals surface area contributed by atoms with Crippen molar-refractivity contribution in [1.82, 2.24) is 5.32 Å². The Morgan fingerprint density at radius 1 is 1.40 bits per heavy atom. The number of nitrogens with one attached hydrogen (secondary N) is 1. The van der Waals surface area contributed by atoms with E-state index in [1.54, 1.807) is 12.1 Å². The predicted octanol–water partition coefficient (Wildman–Crippen LogP) is 2.60. The lowest BCUT2D eigenvalue weighted by molar-refractivity contribution is 0.0513. The van der Waals surface area contributed by atoms with E-state index in [0.29, 0.717) is 17.8 Å². The van der Waals surface area contributed by atoms with E-state index in [0.717, 1.165) is 19.6 Å². The highest BCUT2D eigenvalue weighted by Crippen LogP contribution is 2.43. The Morgan fingerprint density at radius 3 is 2.75 bits per heavy atom. The Balaban J connectivity index is 1.87. The van der Waals surface area contributed by atoms with E-state index in [9.17, 15) is 4.79 Å². The van der Waals surface area contributed by atoms with Crippen LogP contribution in [0.4, 0.5) is 5.69 Å². The zero-order chi connectivity index (χ0) is 14.4. The third kappa shape index (κ3) is 3.51. The summed E-state index contributed by atoms with van der Waals surface area (Å²) in [6.45, 7) is 4.25. The summed E-state index contributed by atoms with van der Waals surface area (Å²) in [7, 11) is 0. The van der Waals surface area contributed by atoms with Gasteiger partial charge in [0.05, 0.1) is 5.56 Å². The van der Waals surface area contributed by atoms with Crippen LogP contribution in [0.1, 0.15) is 43.0 Å². The molecule has 0 unspecified atom stereocenters. The number of hydrogen-bond donors (Lipinski definition) is 2. The highest BCUT2D eigenvalue weighted by Gasteiger charge is 2.36. The van der Waals surface area contributed by atoms with Crippen LogP contribution in [-0.4, -0.2) is 25.7 Å². The number of rotatable bonds is 7. The summed E-state index contributed by atoms with van der Waals surface area (Å²) in [6, 6.07) is 7.18. The van der Waals surface area contributed by atoms with Crippen molar-refractivity contribution in [2.24, 2.45) is 5.41 Å². The minimum absolute atomic E-state index is 0.0780.